The van der Waals surface area contributed by atoms with E-state index in [1.165, 1.54) is 35.7 Å². The Labute approximate surface area is 201 Å². The molecule has 4 rings (SSSR count). The highest BCUT2D eigenvalue weighted by Gasteiger charge is 2.40. The third kappa shape index (κ3) is 5.69. The fourth-order valence-corrected chi connectivity index (χ4v) is 5.71. The number of morpholine rings is 1. The third-order valence-electron chi connectivity index (χ3n) is 5.25. The monoisotopic (exact) mass is 532 g/mol. The molecule has 1 unspecified atom stereocenters. The Morgan fingerprint density at radius 2 is 1.89 bits per heavy atom. The van der Waals surface area contributed by atoms with Gasteiger partial charge in [0.05, 0.1) is 35.9 Å². The van der Waals surface area contributed by atoms with Gasteiger partial charge in [-0.3, -0.25) is 0 Å². The molecule has 1 fully saturated rings. The molecule has 1 aromatic carbocycles. The van der Waals surface area contributed by atoms with E-state index in [-0.39, 0.29) is 17.2 Å². The van der Waals surface area contributed by atoms with Crippen LogP contribution in [0.2, 0.25) is 0 Å². The molecule has 0 aliphatic carbocycles. The van der Waals surface area contributed by atoms with Crippen molar-refractivity contribution >= 4 is 32.4 Å². The lowest BCUT2D eigenvalue weighted by molar-refractivity contribution is -0.135. The Bertz CT molecular complexity index is 1330. The molecule has 15 heteroatoms. The second kappa shape index (κ2) is 9.64. The van der Waals surface area contributed by atoms with Crippen molar-refractivity contribution in [3.05, 3.63) is 41.8 Å². The number of alkyl halides is 3. The molecule has 0 amide bonds. The van der Waals surface area contributed by atoms with Crippen LogP contribution in [0.5, 0.6) is 0 Å². The van der Waals surface area contributed by atoms with Gasteiger partial charge in [-0.1, -0.05) is 23.5 Å². The van der Waals surface area contributed by atoms with Crippen LogP contribution < -0.4 is 15.8 Å². The number of rotatable bonds is 6. The molecule has 1 saturated heterocycles. The highest BCUT2D eigenvalue weighted by atomic mass is 32.2. The summed E-state index contributed by atoms with van der Waals surface area (Å²) in [6, 6.07) is 5.07. The number of hydrogen-bond donors (Lipinski definition) is 2. The Morgan fingerprint density at radius 3 is 2.51 bits per heavy atom. The molecule has 9 nitrogen and oxygen atoms in total. The number of primary sulfonamides is 1. The molecule has 0 spiro atoms. The van der Waals surface area contributed by atoms with Crippen LogP contribution in [0.1, 0.15) is 17.2 Å². The van der Waals surface area contributed by atoms with E-state index in [1.54, 1.807) is 0 Å². The van der Waals surface area contributed by atoms with Crippen molar-refractivity contribution < 1.29 is 30.7 Å². The van der Waals surface area contributed by atoms with Crippen LogP contribution in [0.3, 0.4) is 0 Å². The van der Waals surface area contributed by atoms with Gasteiger partial charge in [0.1, 0.15) is 11.1 Å². The predicted octanol–water partition coefficient (Wildman–Crippen LogP) is 3.11. The lowest BCUT2D eigenvalue weighted by Crippen LogP contribution is -2.36. The summed E-state index contributed by atoms with van der Waals surface area (Å²) in [6.45, 7) is 1.98. The number of benzene rings is 1. The second-order valence-electron chi connectivity index (χ2n) is 7.68. The van der Waals surface area contributed by atoms with E-state index in [0.717, 1.165) is 6.07 Å². The van der Waals surface area contributed by atoms with Crippen LogP contribution in [0.4, 0.5) is 28.6 Å². The molecule has 35 heavy (non-hydrogen) atoms. The minimum Gasteiger partial charge on any atom is -0.378 e. The molecule has 188 valence electrons. The Kier molecular flexibility index (Phi) is 6.95. The number of thiazole rings is 1. The summed E-state index contributed by atoms with van der Waals surface area (Å²) in [4.78, 5) is 14.9. The van der Waals surface area contributed by atoms with Gasteiger partial charge in [0.15, 0.2) is 5.13 Å². The molecule has 4 N–H and O–H groups in total. The Morgan fingerprint density at radius 1 is 1.17 bits per heavy atom. The second-order valence-corrected chi connectivity index (χ2v) is 10.4. The molecule has 3 heterocycles. The molecule has 0 radical (unpaired) electrons. The molecular weight excluding hydrogens is 512 g/mol. The van der Waals surface area contributed by atoms with Crippen LogP contribution >= 0.6 is 11.3 Å². The number of anilines is 2. The molecule has 0 bridgehead atoms. The number of nitrogens with two attached hydrogens (primary N) is 2. The van der Waals surface area contributed by atoms with Gasteiger partial charge in [0.25, 0.3) is 0 Å². The number of nitrogens with zero attached hydrogens (tertiary/aromatic N) is 4. The van der Waals surface area contributed by atoms with Gasteiger partial charge >= 0.3 is 6.18 Å². The number of nitrogen functional groups attached to an aromatic ring is 1. The highest BCUT2D eigenvalue weighted by Crippen LogP contribution is 2.43. The van der Waals surface area contributed by atoms with E-state index in [2.05, 4.69) is 15.0 Å². The van der Waals surface area contributed by atoms with Crippen LogP contribution in [0.15, 0.2) is 30.5 Å². The first-order valence-electron chi connectivity index (χ1n) is 10.2. The quantitative estimate of drug-likeness (QED) is 0.462. The van der Waals surface area contributed by atoms with Crippen molar-refractivity contribution in [2.75, 3.05) is 36.9 Å². The van der Waals surface area contributed by atoms with Crippen molar-refractivity contribution in [2.45, 2.75) is 17.8 Å². The summed E-state index contributed by atoms with van der Waals surface area (Å²) in [5.41, 5.74) is 5.22. The van der Waals surface area contributed by atoms with Crippen LogP contribution in [-0.2, 0) is 14.8 Å². The van der Waals surface area contributed by atoms with Crippen molar-refractivity contribution in [3.8, 4) is 21.8 Å². The highest BCUT2D eigenvalue weighted by molar-refractivity contribution is 7.89. The van der Waals surface area contributed by atoms with Gasteiger partial charge in [-0.05, 0) is 12.1 Å². The molecule has 1 aliphatic rings. The van der Waals surface area contributed by atoms with E-state index in [9.17, 15) is 21.6 Å². The van der Waals surface area contributed by atoms with Crippen molar-refractivity contribution in [3.63, 3.8) is 0 Å². The summed E-state index contributed by atoms with van der Waals surface area (Å²) >= 11 is 1.19. The summed E-state index contributed by atoms with van der Waals surface area (Å²) in [5.74, 6) is -1.21. The standard InChI is InChI=1S/C20H20F4N6O3S2/c21-15-11(14(35(26,31)32)10-20(22,23)24)2-1-3-12(15)16-17(13-4-5-27-18(25)28-13)34-19(29-16)30-6-8-33-9-7-30/h1-5,14H,6-10H2,(H2,25,27,28)(H2,26,31,32). The minimum atomic E-state index is -4.90. The number of sulfonamides is 1. The first-order valence-corrected chi connectivity index (χ1v) is 12.7. The van der Waals surface area contributed by atoms with E-state index in [4.69, 9.17) is 15.6 Å². The smallest absolute Gasteiger partial charge is 0.378 e. The first kappa shape index (κ1) is 25.2. The van der Waals surface area contributed by atoms with Crippen LogP contribution in [0.25, 0.3) is 21.8 Å². The third-order valence-corrected chi connectivity index (χ3v) is 7.60. The SMILES string of the molecule is Nc1nccc(-c2sc(N3CCOCC3)nc2-c2cccc(C(CC(F)(F)F)S(N)(=O)=O)c2F)n1. The summed E-state index contributed by atoms with van der Waals surface area (Å²) < 4.78 is 84.4. The van der Waals surface area contributed by atoms with Gasteiger partial charge in [-0.15, -0.1) is 0 Å². The normalized spacial score (nSPS) is 15.9. The van der Waals surface area contributed by atoms with Crippen molar-refractivity contribution in [1.82, 2.24) is 15.0 Å². The zero-order valence-corrected chi connectivity index (χ0v) is 19.6. The molecule has 0 saturated carbocycles. The number of hydrogen-bond acceptors (Lipinski definition) is 9. The van der Waals surface area contributed by atoms with Gasteiger partial charge in [-0.2, -0.15) is 13.2 Å². The zero-order chi connectivity index (χ0) is 25.4. The fourth-order valence-electron chi connectivity index (χ4n) is 3.65. The van der Waals surface area contributed by atoms with Crippen LogP contribution in [0, 0.1) is 5.82 Å². The molecule has 1 atom stereocenters. The lowest BCUT2D eigenvalue weighted by Gasteiger charge is -2.26. The predicted molar refractivity (Wildman–Crippen MR) is 122 cm³/mol. The lowest BCUT2D eigenvalue weighted by atomic mass is 10.0. The molecular formula is C20H20F4N6O3S2. The molecule has 3 aromatic rings. The van der Waals surface area contributed by atoms with E-state index in [0.29, 0.717) is 42.0 Å². The Balaban J connectivity index is 1.88. The first-order chi connectivity index (χ1) is 16.4. The molecule has 1 aliphatic heterocycles. The number of aromatic nitrogens is 3. The average Bonchev–Trinajstić information content (AvgIpc) is 3.22. The van der Waals surface area contributed by atoms with Crippen molar-refractivity contribution in [2.24, 2.45) is 5.14 Å². The van der Waals surface area contributed by atoms with E-state index in [1.807, 2.05) is 4.90 Å². The summed E-state index contributed by atoms with van der Waals surface area (Å²) in [5, 5.41) is 3.25. The van der Waals surface area contributed by atoms with E-state index < -0.39 is 39.3 Å². The Hall–Kier alpha value is -2.88. The molecule has 2 aromatic heterocycles. The number of halogens is 4. The average molecular weight is 533 g/mol. The largest absolute Gasteiger partial charge is 0.390 e. The van der Waals surface area contributed by atoms with Gasteiger partial charge in [0, 0.05) is 30.4 Å². The topological polar surface area (TPSA) is 137 Å². The maximum Gasteiger partial charge on any atom is 0.390 e. The maximum absolute atomic E-state index is 15.7. The van der Waals surface area contributed by atoms with Gasteiger partial charge < -0.3 is 15.4 Å². The van der Waals surface area contributed by atoms with Gasteiger partial charge in [0.2, 0.25) is 16.0 Å². The maximum atomic E-state index is 15.7. The van der Waals surface area contributed by atoms with Crippen LogP contribution in [-0.4, -0.2) is 55.8 Å². The summed E-state index contributed by atoms with van der Waals surface area (Å²) in [7, 11) is -4.79. The van der Waals surface area contributed by atoms with Crippen molar-refractivity contribution in [1.29, 1.82) is 0 Å². The fraction of sp³-hybridized carbons (Fsp3) is 0.350. The minimum absolute atomic E-state index is 0.0385. The summed E-state index contributed by atoms with van der Waals surface area (Å²) in [6.07, 6.45) is -5.33. The zero-order valence-electron chi connectivity index (χ0n) is 18.0. The van der Waals surface area contributed by atoms with Gasteiger partial charge in [-0.25, -0.2) is 32.9 Å². The van der Waals surface area contributed by atoms with E-state index >= 15 is 4.39 Å². The number of ether oxygens (including phenoxy) is 1.